The van der Waals surface area contributed by atoms with Gasteiger partial charge in [-0.25, -0.2) is 4.98 Å². The molecule has 4 rings (SSSR count). The second-order valence-electron chi connectivity index (χ2n) is 9.82. The Labute approximate surface area is 203 Å². The van der Waals surface area contributed by atoms with E-state index in [4.69, 9.17) is 0 Å². The standard InChI is InChI=1S/C27H39N5O2/c1-2-15-32-25(33)24(19-23-20-28-21-29-23)30-26(34)27(32)13-17-31(18-14-27)16-9-4-3-6-10-22-11-7-5-8-12-22/h5,7-8,11-12,20-21,24H,2-4,6,9-10,13-19H2,1H3,(H,28,29)(H,30,34)/t24-/m0/s1. The molecule has 0 aliphatic carbocycles. The first-order valence-corrected chi connectivity index (χ1v) is 13.0. The van der Waals surface area contributed by atoms with Crippen molar-refractivity contribution in [1.82, 2.24) is 25.1 Å². The van der Waals surface area contributed by atoms with Crippen LogP contribution in [0.2, 0.25) is 0 Å². The van der Waals surface area contributed by atoms with Crippen molar-refractivity contribution in [2.75, 3.05) is 26.2 Å². The summed E-state index contributed by atoms with van der Waals surface area (Å²) in [4.78, 5) is 38.2. The van der Waals surface area contributed by atoms with Crippen molar-refractivity contribution in [3.63, 3.8) is 0 Å². The zero-order valence-electron chi connectivity index (χ0n) is 20.5. The van der Waals surface area contributed by atoms with E-state index in [2.05, 4.69) is 57.4 Å². The van der Waals surface area contributed by atoms with Crippen LogP contribution in [0.25, 0.3) is 0 Å². The summed E-state index contributed by atoms with van der Waals surface area (Å²) in [6.07, 6.45) is 12.1. The molecule has 0 unspecified atom stereocenters. The number of aromatic nitrogens is 2. The summed E-state index contributed by atoms with van der Waals surface area (Å²) >= 11 is 0. The van der Waals surface area contributed by atoms with E-state index in [0.29, 0.717) is 13.0 Å². The minimum absolute atomic E-state index is 0.0191. The van der Waals surface area contributed by atoms with Crippen LogP contribution in [-0.2, 0) is 22.4 Å². The number of likely N-dealkylation sites (tertiary alicyclic amines) is 1. The largest absolute Gasteiger partial charge is 0.348 e. The number of amides is 2. The molecule has 2 aromatic rings. The number of rotatable bonds is 11. The average Bonchev–Trinajstić information content (AvgIpc) is 3.37. The molecule has 2 fully saturated rings. The van der Waals surface area contributed by atoms with E-state index in [1.54, 1.807) is 12.5 Å². The number of unbranched alkanes of at least 4 members (excludes halogenated alkanes) is 3. The number of hydrogen-bond donors (Lipinski definition) is 2. The number of carbonyl (C=O) groups excluding carboxylic acids is 2. The van der Waals surface area contributed by atoms with E-state index in [-0.39, 0.29) is 11.8 Å². The van der Waals surface area contributed by atoms with Crippen molar-refractivity contribution < 1.29 is 9.59 Å². The molecule has 2 N–H and O–H groups in total. The summed E-state index contributed by atoms with van der Waals surface area (Å²) in [5.41, 5.74) is 1.60. The minimum Gasteiger partial charge on any atom is -0.348 e. The molecule has 1 atom stereocenters. The van der Waals surface area contributed by atoms with Gasteiger partial charge in [0, 0.05) is 37.9 Å². The lowest BCUT2D eigenvalue weighted by atomic mass is 9.81. The molecule has 1 aromatic carbocycles. The molecule has 2 aliphatic heterocycles. The van der Waals surface area contributed by atoms with Gasteiger partial charge in [-0.1, -0.05) is 50.1 Å². The Morgan fingerprint density at radius 3 is 2.50 bits per heavy atom. The van der Waals surface area contributed by atoms with Crippen LogP contribution >= 0.6 is 0 Å². The van der Waals surface area contributed by atoms with Gasteiger partial charge in [-0.15, -0.1) is 0 Å². The van der Waals surface area contributed by atoms with E-state index in [1.165, 1.54) is 31.2 Å². The van der Waals surface area contributed by atoms with E-state index >= 15 is 0 Å². The van der Waals surface area contributed by atoms with Crippen molar-refractivity contribution in [2.24, 2.45) is 0 Å². The van der Waals surface area contributed by atoms with Gasteiger partial charge in [0.2, 0.25) is 11.8 Å². The Balaban J connectivity index is 1.24. The van der Waals surface area contributed by atoms with E-state index < -0.39 is 11.6 Å². The normalized spacial score (nSPS) is 20.6. The lowest BCUT2D eigenvalue weighted by Crippen LogP contribution is -2.73. The molecule has 2 saturated heterocycles. The van der Waals surface area contributed by atoms with E-state index in [0.717, 1.165) is 51.0 Å². The van der Waals surface area contributed by atoms with Crippen LogP contribution < -0.4 is 5.32 Å². The molecule has 7 nitrogen and oxygen atoms in total. The molecule has 0 saturated carbocycles. The van der Waals surface area contributed by atoms with Crippen LogP contribution in [0.4, 0.5) is 0 Å². The third-order valence-corrected chi connectivity index (χ3v) is 7.45. The number of nitrogens with zero attached hydrogens (tertiary/aromatic N) is 3. The number of aromatic amines is 1. The number of H-pyrrole nitrogens is 1. The Morgan fingerprint density at radius 2 is 1.79 bits per heavy atom. The van der Waals surface area contributed by atoms with Crippen molar-refractivity contribution in [3.8, 4) is 0 Å². The number of hydrogen-bond acceptors (Lipinski definition) is 4. The average molecular weight is 466 g/mol. The molecule has 0 bridgehead atoms. The number of piperidine rings is 1. The zero-order chi connectivity index (χ0) is 23.8. The molecule has 184 valence electrons. The molecule has 3 heterocycles. The van der Waals surface area contributed by atoms with Crippen molar-refractivity contribution >= 4 is 11.8 Å². The summed E-state index contributed by atoms with van der Waals surface area (Å²) < 4.78 is 0. The number of imidazole rings is 1. The molecule has 0 radical (unpaired) electrons. The van der Waals surface area contributed by atoms with Gasteiger partial charge in [-0.2, -0.15) is 0 Å². The number of benzene rings is 1. The second-order valence-corrected chi connectivity index (χ2v) is 9.82. The number of carbonyl (C=O) groups is 2. The summed E-state index contributed by atoms with van der Waals surface area (Å²) in [6.45, 7) is 5.52. The van der Waals surface area contributed by atoms with Crippen LogP contribution in [0, 0.1) is 0 Å². The SMILES string of the molecule is CCCN1C(=O)[C@H](Cc2cnc[nH]2)NC(=O)C12CCN(CCCCCCc1ccccc1)CC2. The van der Waals surface area contributed by atoms with E-state index in [9.17, 15) is 9.59 Å². The highest BCUT2D eigenvalue weighted by atomic mass is 16.2. The van der Waals surface area contributed by atoms with Gasteiger partial charge in [0.15, 0.2) is 0 Å². The maximum absolute atomic E-state index is 13.4. The van der Waals surface area contributed by atoms with Gasteiger partial charge in [0.05, 0.1) is 6.33 Å². The number of aryl methyl sites for hydroxylation is 1. The lowest BCUT2D eigenvalue weighted by Gasteiger charge is -2.51. The summed E-state index contributed by atoms with van der Waals surface area (Å²) in [5.74, 6) is 0.0635. The summed E-state index contributed by atoms with van der Waals surface area (Å²) in [7, 11) is 0. The smallest absolute Gasteiger partial charge is 0.246 e. The van der Waals surface area contributed by atoms with Crippen molar-refractivity contribution in [2.45, 2.75) is 76.3 Å². The monoisotopic (exact) mass is 465 g/mol. The zero-order valence-corrected chi connectivity index (χ0v) is 20.5. The molecule has 2 aliphatic rings. The van der Waals surface area contributed by atoms with Gasteiger partial charge >= 0.3 is 0 Å². The lowest BCUT2D eigenvalue weighted by molar-refractivity contribution is -0.161. The topological polar surface area (TPSA) is 81.3 Å². The third-order valence-electron chi connectivity index (χ3n) is 7.45. The van der Waals surface area contributed by atoms with Crippen LogP contribution in [0.3, 0.4) is 0 Å². The first-order chi connectivity index (χ1) is 16.6. The Hall–Kier alpha value is -2.67. The summed E-state index contributed by atoms with van der Waals surface area (Å²) in [6, 6.07) is 10.2. The first kappa shape index (κ1) is 24.5. The fraction of sp³-hybridized carbons (Fsp3) is 0.593. The summed E-state index contributed by atoms with van der Waals surface area (Å²) in [5, 5.41) is 3.05. The Bertz CT molecular complexity index is 906. The predicted molar refractivity (Wildman–Crippen MR) is 133 cm³/mol. The first-order valence-electron chi connectivity index (χ1n) is 13.0. The molecular weight excluding hydrogens is 426 g/mol. The molecule has 1 aromatic heterocycles. The minimum atomic E-state index is -0.691. The fourth-order valence-electron chi connectivity index (χ4n) is 5.48. The van der Waals surface area contributed by atoms with Crippen molar-refractivity contribution in [1.29, 1.82) is 0 Å². The molecule has 2 amide bonds. The molecule has 7 heteroatoms. The van der Waals surface area contributed by atoms with Gasteiger partial charge < -0.3 is 20.1 Å². The molecule has 34 heavy (non-hydrogen) atoms. The quantitative estimate of drug-likeness (QED) is 0.499. The van der Waals surface area contributed by atoms with Gasteiger partial charge in [0.25, 0.3) is 0 Å². The highest BCUT2D eigenvalue weighted by Crippen LogP contribution is 2.33. The predicted octanol–water partition coefficient (Wildman–Crippen LogP) is 3.33. The Morgan fingerprint density at radius 1 is 1.03 bits per heavy atom. The van der Waals surface area contributed by atoms with Gasteiger partial charge in [0.1, 0.15) is 11.6 Å². The fourth-order valence-corrected chi connectivity index (χ4v) is 5.48. The van der Waals surface area contributed by atoms with Crippen LogP contribution in [-0.4, -0.2) is 69.3 Å². The highest BCUT2D eigenvalue weighted by molar-refractivity contribution is 6.00. The Kier molecular flexibility index (Phi) is 8.38. The molecular formula is C27H39N5O2. The third kappa shape index (κ3) is 5.69. The number of nitrogens with one attached hydrogen (secondary N) is 2. The van der Waals surface area contributed by atoms with Gasteiger partial charge in [-0.05, 0) is 50.6 Å². The van der Waals surface area contributed by atoms with E-state index in [1.807, 2.05) is 4.90 Å². The van der Waals surface area contributed by atoms with Crippen LogP contribution in [0.1, 0.15) is 63.1 Å². The van der Waals surface area contributed by atoms with Crippen LogP contribution in [0.5, 0.6) is 0 Å². The highest BCUT2D eigenvalue weighted by Gasteiger charge is 2.53. The number of piperazine rings is 1. The maximum Gasteiger partial charge on any atom is 0.246 e. The second kappa shape index (κ2) is 11.6. The van der Waals surface area contributed by atoms with Crippen LogP contribution in [0.15, 0.2) is 42.9 Å². The van der Waals surface area contributed by atoms with Crippen molar-refractivity contribution in [3.05, 3.63) is 54.1 Å². The molecule has 1 spiro atoms. The van der Waals surface area contributed by atoms with Gasteiger partial charge in [-0.3, -0.25) is 9.59 Å². The maximum atomic E-state index is 13.4.